The lowest BCUT2D eigenvalue weighted by molar-refractivity contribution is 0.196. The van der Waals surface area contributed by atoms with Gasteiger partial charge in [-0.05, 0) is 51.4 Å². The maximum atomic E-state index is 4.92. The minimum atomic E-state index is 0.469. The van der Waals surface area contributed by atoms with E-state index in [1.807, 2.05) is 37.8 Å². The van der Waals surface area contributed by atoms with Crippen LogP contribution in [0.15, 0.2) is 24.4 Å². The van der Waals surface area contributed by atoms with Gasteiger partial charge in [0.05, 0.1) is 11.4 Å². The van der Waals surface area contributed by atoms with Gasteiger partial charge < -0.3 is 0 Å². The Morgan fingerprint density at radius 2 is 2.04 bits per heavy atom. The molecule has 0 aliphatic carbocycles. The first-order valence-corrected chi connectivity index (χ1v) is 8.91. The quantitative estimate of drug-likeness (QED) is 0.736. The number of likely N-dealkylation sites (tertiary alicyclic amines) is 1. The van der Waals surface area contributed by atoms with Crippen LogP contribution in [0.4, 0.5) is 0 Å². The van der Waals surface area contributed by atoms with E-state index in [1.54, 1.807) is 0 Å². The zero-order valence-electron chi connectivity index (χ0n) is 15.1. The minimum Gasteiger partial charge on any atom is -0.297 e. The Labute approximate surface area is 147 Å². The molecule has 3 aromatic heterocycles. The monoisotopic (exact) mass is 336 g/mol. The van der Waals surface area contributed by atoms with Crippen molar-refractivity contribution in [2.24, 2.45) is 7.05 Å². The molecule has 4 heterocycles. The number of aryl methyl sites for hydroxylation is 3. The van der Waals surface area contributed by atoms with E-state index in [9.17, 15) is 0 Å². The maximum Gasteiger partial charge on any atom is 0.158 e. The summed E-state index contributed by atoms with van der Waals surface area (Å²) in [6.45, 7) is 7.01. The Kier molecular flexibility index (Phi) is 4.21. The molecule has 6 nitrogen and oxygen atoms in total. The Balaban J connectivity index is 1.53. The van der Waals surface area contributed by atoms with Crippen molar-refractivity contribution in [1.29, 1.82) is 0 Å². The molecule has 0 spiro atoms. The molecule has 0 amide bonds. The lowest BCUT2D eigenvalue weighted by Crippen LogP contribution is -2.34. The molecule has 130 valence electrons. The molecule has 0 aromatic carbocycles. The largest absolute Gasteiger partial charge is 0.297 e. The number of rotatable bonds is 3. The van der Waals surface area contributed by atoms with Gasteiger partial charge in [0.2, 0.25) is 0 Å². The summed E-state index contributed by atoms with van der Waals surface area (Å²) in [7, 11) is 1.97. The van der Waals surface area contributed by atoms with Crippen LogP contribution in [0.5, 0.6) is 0 Å². The first-order valence-electron chi connectivity index (χ1n) is 8.91. The normalized spacial score (nSPS) is 18.8. The summed E-state index contributed by atoms with van der Waals surface area (Å²) in [6, 6.07) is 6.37. The fraction of sp³-hybridized carbons (Fsp3) is 0.474. The summed E-state index contributed by atoms with van der Waals surface area (Å²) >= 11 is 0. The standard InChI is InChI=1S/C19H24N6/c1-13-17-6-7-18(22-19(17)24(3)23-13)15-5-4-10-25(11-15)12-16-8-9-20-14(2)21-16/h6-9,15H,4-5,10-12H2,1-3H3/t15-/m0/s1. The number of fused-ring (bicyclic) bond motifs is 1. The van der Waals surface area contributed by atoms with Gasteiger partial charge in [-0.1, -0.05) is 0 Å². The van der Waals surface area contributed by atoms with Crippen molar-refractivity contribution in [1.82, 2.24) is 29.6 Å². The third-order valence-corrected chi connectivity index (χ3v) is 5.04. The second-order valence-corrected chi connectivity index (χ2v) is 6.99. The van der Waals surface area contributed by atoms with Crippen molar-refractivity contribution in [3.8, 4) is 0 Å². The average molecular weight is 336 g/mol. The average Bonchev–Trinajstić information content (AvgIpc) is 2.89. The van der Waals surface area contributed by atoms with Crippen LogP contribution in [0.1, 0.15) is 41.7 Å². The number of piperidine rings is 1. The van der Waals surface area contributed by atoms with Crippen molar-refractivity contribution in [2.45, 2.75) is 39.2 Å². The third kappa shape index (κ3) is 3.26. The second kappa shape index (κ2) is 6.52. The predicted octanol–water partition coefficient (Wildman–Crippen LogP) is 2.75. The number of hydrogen-bond acceptors (Lipinski definition) is 5. The van der Waals surface area contributed by atoms with Crippen LogP contribution in [0.25, 0.3) is 11.0 Å². The number of aromatic nitrogens is 5. The van der Waals surface area contributed by atoms with E-state index in [1.165, 1.54) is 18.5 Å². The van der Waals surface area contributed by atoms with Crippen LogP contribution in [0.2, 0.25) is 0 Å². The van der Waals surface area contributed by atoms with Gasteiger partial charge in [0.1, 0.15) is 5.82 Å². The fourth-order valence-corrected chi connectivity index (χ4v) is 3.81. The second-order valence-electron chi connectivity index (χ2n) is 6.99. The molecule has 0 unspecified atom stereocenters. The highest BCUT2D eigenvalue weighted by Gasteiger charge is 2.23. The summed E-state index contributed by atoms with van der Waals surface area (Å²) in [4.78, 5) is 16.1. The third-order valence-electron chi connectivity index (χ3n) is 5.04. The molecular weight excluding hydrogens is 312 g/mol. The highest BCUT2D eigenvalue weighted by atomic mass is 15.3. The summed E-state index contributed by atoms with van der Waals surface area (Å²) in [6.07, 6.45) is 4.23. The molecule has 0 N–H and O–H groups in total. The van der Waals surface area contributed by atoms with Crippen LogP contribution >= 0.6 is 0 Å². The highest BCUT2D eigenvalue weighted by molar-refractivity contribution is 5.78. The zero-order valence-corrected chi connectivity index (χ0v) is 15.1. The Hall–Kier alpha value is -2.34. The lowest BCUT2D eigenvalue weighted by Gasteiger charge is -2.32. The summed E-state index contributed by atoms with van der Waals surface area (Å²) in [5.74, 6) is 1.31. The van der Waals surface area contributed by atoms with Gasteiger partial charge in [0.25, 0.3) is 0 Å². The van der Waals surface area contributed by atoms with Crippen molar-refractivity contribution in [2.75, 3.05) is 13.1 Å². The Morgan fingerprint density at radius 1 is 1.16 bits per heavy atom. The van der Waals surface area contributed by atoms with Crippen LogP contribution in [0, 0.1) is 13.8 Å². The highest BCUT2D eigenvalue weighted by Crippen LogP contribution is 2.28. The molecule has 0 radical (unpaired) electrons. The van der Waals surface area contributed by atoms with E-state index in [0.29, 0.717) is 5.92 Å². The lowest BCUT2D eigenvalue weighted by atomic mass is 9.94. The molecule has 1 aliphatic heterocycles. The van der Waals surface area contributed by atoms with E-state index in [-0.39, 0.29) is 0 Å². The Bertz CT molecular complexity index is 900. The summed E-state index contributed by atoms with van der Waals surface area (Å²) in [5, 5.41) is 5.63. The van der Waals surface area contributed by atoms with Crippen LogP contribution in [-0.4, -0.2) is 42.7 Å². The van der Waals surface area contributed by atoms with E-state index < -0.39 is 0 Å². The Morgan fingerprint density at radius 3 is 2.88 bits per heavy atom. The molecule has 0 bridgehead atoms. The molecule has 0 saturated carbocycles. The van der Waals surface area contributed by atoms with Crippen molar-refractivity contribution >= 4 is 11.0 Å². The molecule has 1 aliphatic rings. The van der Waals surface area contributed by atoms with Gasteiger partial charge in [-0.25, -0.2) is 15.0 Å². The number of nitrogens with zero attached hydrogens (tertiary/aromatic N) is 6. The van der Waals surface area contributed by atoms with E-state index in [0.717, 1.165) is 47.9 Å². The maximum absolute atomic E-state index is 4.92. The van der Waals surface area contributed by atoms with E-state index in [4.69, 9.17) is 4.98 Å². The van der Waals surface area contributed by atoms with E-state index in [2.05, 4.69) is 32.1 Å². The van der Waals surface area contributed by atoms with Gasteiger partial charge in [-0.2, -0.15) is 5.10 Å². The summed E-state index contributed by atoms with van der Waals surface area (Å²) < 4.78 is 1.89. The van der Waals surface area contributed by atoms with Crippen LogP contribution < -0.4 is 0 Å². The minimum absolute atomic E-state index is 0.469. The first kappa shape index (κ1) is 16.1. The van der Waals surface area contributed by atoms with Gasteiger partial charge in [-0.15, -0.1) is 0 Å². The molecule has 1 fully saturated rings. The molecule has 4 rings (SSSR count). The van der Waals surface area contributed by atoms with Gasteiger partial charge in [-0.3, -0.25) is 9.58 Å². The zero-order chi connectivity index (χ0) is 17.4. The molecule has 1 atom stereocenters. The SMILES string of the molecule is Cc1nccc(CN2CCC[C@H](c3ccc4c(C)nn(C)c4n3)C2)n1. The molecule has 6 heteroatoms. The number of hydrogen-bond donors (Lipinski definition) is 0. The van der Waals surface area contributed by atoms with Crippen LogP contribution in [-0.2, 0) is 13.6 Å². The summed E-state index contributed by atoms with van der Waals surface area (Å²) in [5.41, 5.74) is 4.30. The fourth-order valence-electron chi connectivity index (χ4n) is 3.81. The molecular formula is C19H24N6. The number of pyridine rings is 1. The smallest absolute Gasteiger partial charge is 0.158 e. The van der Waals surface area contributed by atoms with Gasteiger partial charge in [0.15, 0.2) is 5.65 Å². The molecule has 1 saturated heterocycles. The molecule has 3 aromatic rings. The van der Waals surface area contributed by atoms with Gasteiger partial charge >= 0.3 is 0 Å². The van der Waals surface area contributed by atoms with Crippen molar-refractivity contribution < 1.29 is 0 Å². The first-order chi connectivity index (χ1) is 12.1. The topological polar surface area (TPSA) is 59.7 Å². The molecule has 25 heavy (non-hydrogen) atoms. The van der Waals surface area contributed by atoms with E-state index >= 15 is 0 Å². The van der Waals surface area contributed by atoms with Crippen LogP contribution in [0.3, 0.4) is 0 Å². The predicted molar refractivity (Wildman–Crippen MR) is 97.3 cm³/mol. The van der Waals surface area contributed by atoms with Gasteiger partial charge in [0, 0.05) is 43.3 Å². The van der Waals surface area contributed by atoms with Crippen molar-refractivity contribution in [3.63, 3.8) is 0 Å². The van der Waals surface area contributed by atoms with Crippen molar-refractivity contribution in [3.05, 3.63) is 47.3 Å².